The van der Waals surface area contributed by atoms with Crippen molar-refractivity contribution in [1.82, 2.24) is 10.2 Å². The summed E-state index contributed by atoms with van der Waals surface area (Å²) in [6, 6.07) is -0.151. The Labute approximate surface area is 119 Å². The second-order valence-corrected chi connectivity index (χ2v) is 5.85. The second-order valence-electron chi connectivity index (χ2n) is 5.85. The van der Waals surface area contributed by atoms with Crippen LogP contribution in [0.15, 0.2) is 0 Å². The fourth-order valence-electron chi connectivity index (χ4n) is 3.00. The number of nitrogens with one attached hydrogen (secondary N) is 1. The van der Waals surface area contributed by atoms with Crippen molar-refractivity contribution in [1.29, 1.82) is 0 Å². The van der Waals surface area contributed by atoms with Gasteiger partial charge in [-0.25, -0.2) is 4.79 Å². The van der Waals surface area contributed by atoms with E-state index in [9.17, 15) is 9.59 Å². The number of urea groups is 1. The molecule has 114 valence electrons. The van der Waals surface area contributed by atoms with Crippen LogP contribution in [-0.2, 0) is 9.53 Å². The van der Waals surface area contributed by atoms with Gasteiger partial charge in [-0.15, -0.1) is 0 Å². The maximum Gasteiger partial charge on any atom is 0.317 e. The number of methoxy groups -OCH3 is 1. The molecular formula is C14H24N2O4. The zero-order valence-corrected chi connectivity index (χ0v) is 12.1. The van der Waals surface area contributed by atoms with Gasteiger partial charge >= 0.3 is 12.0 Å². The Hall–Kier alpha value is -1.30. The smallest absolute Gasteiger partial charge is 0.317 e. The van der Waals surface area contributed by atoms with Crippen LogP contribution in [0.25, 0.3) is 0 Å². The summed E-state index contributed by atoms with van der Waals surface area (Å²) in [5.74, 6) is -1.23. The highest BCUT2D eigenvalue weighted by atomic mass is 16.5. The van der Waals surface area contributed by atoms with Crippen molar-refractivity contribution in [2.24, 2.45) is 5.92 Å². The van der Waals surface area contributed by atoms with Crippen LogP contribution in [0.4, 0.5) is 4.79 Å². The number of rotatable bonds is 5. The number of carboxylic acid groups (broad SMARTS) is 1. The van der Waals surface area contributed by atoms with Crippen LogP contribution in [0.3, 0.4) is 0 Å². The summed E-state index contributed by atoms with van der Waals surface area (Å²) < 4.78 is 5.51. The molecular weight excluding hydrogens is 260 g/mol. The van der Waals surface area contributed by atoms with Crippen molar-refractivity contribution >= 4 is 12.0 Å². The average Bonchev–Trinajstić information content (AvgIpc) is 2.41. The molecule has 0 radical (unpaired) electrons. The Balaban J connectivity index is 1.73. The first-order valence-electron chi connectivity index (χ1n) is 7.37. The lowest BCUT2D eigenvalue weighted by Gasteiger charge is -2.40. The predicted molar refractivity (Wildman–Crippen MR) is 73.5 cm³/mol. The van der Waals surface area contributed by atoms with Crippen molar-refractivity contribution in [2.75, 3.05) is 26.7 Å². The first kappa shape index (κ1) is 15.1. The second kappa shape index (κ2) is 6.43. The summed E-state index contributed by atoms with van der Waals surface area (Å²) in [6.45, 7) is 1.54. The number of carbonyl (C=O) groups excluding carboxylic acids is 1. The van der Waals surface area contributed by atoms with Crippen LogP contribution in [0.1, 0.15) is 38.5 Å². The van der Waals surface area contributed by atoms with Gasteiger partial charge in [0.15, 0.2) is 0 Å². The highest BCUT2D eigenvalue weighted by molar-refractivity contribution is 5.76. The molecule has 2 amide bonds. The molecule has 1 unspecified atom stereocenters. The van der Waals surface area contributed by atoms with Crippen LogP contribution < -0.4 is 5.32 Å². The molecule has 0 aromatic carbocycles. The molecule has 2 fully saturated rings. The molecule has 0 aromatic rings. The number of piperidine rings is 1. The molecule has 0 aromatic heterocycles. The SMILES string of the molecule is COC1(CCNC(=O)N2CCCC(C(=O)O)C2)CCC1. The van der Waals surface area contributed by atoms with E-state index in [0.717, 1.165) is 25.7 Å². The number of aliphatic carboxylic acids is 1. The molecule has 0 bridgehead atoms. The van der Waals surface area contributed by atoms with Gasteiger partial charge in [-0.2, -0.15) is 0 Å². The average molecular weight is 284 g/mol. The number of hydrogen-bond donors (Lipinski definition) is 2. The van der Waals surface area contributed by atoms with E-state index in [2.05, 4.69) is 5.32 Å². The first-order chi connectivity index (χ1) is 9.56. The third-order valence-corrected chi connectivity index (χ3v) is 4.61. The molecule has 1 aliphatic heterocycles. The van der Waals surface area contributed by atoms with Crippen LogP contribution in [0, 0.1) is 5.92 Å². The molecule has 1 saturated carbocycles. The van der Waals surface area contributed by atoms with E-state index >= 15 is 0 Å². The summed E-state index contributed by atoms with van der Waals surface area (Å²) in [7, 11) is 1.73. The van der Waals surface area contributed by atoms with Crippen molar-refractivity contribution in [3.63, 3.8) is 0 Å². The molecule has 20 heavy (non-hydrogen) atoms. The van der Waals surface area contributed by atoms with Crippen LogP contribution in [0.5, 0.6) is 0 Å². The van der Waals surface area contributed by atoms with Crippen LogP contribution >= 0.6 is 0 Å². The number of likely N-dealkylation sites (tertiary alicyclic amines) is 1. The standard InChI is InChI=1S/C14H24N2O4/c1-20-14(5-3-6-14)7-8-15-13(19)16-9-2-4-11(10-16)12(17)18/h11H,2-10H2,1H3,(H,15,19)(H,17,18). The monoisotopic (exact) mass is 284 g/mol. The molecule has 1 saturated heterocycles. The number of amides is 2. The van der Waals surface area contributed by atoms with E-state index in [-0.39, 0.29) is 11.6 Å². The number of ether oxygens (including phenoxy) is 1. The van der Waals surface area contributed by atoms with Gasteiger partial charge < -0.3 is 20.1 Å². The topological polar surface area (TPSA) is 78.9 Å². The predicted octanol–water partition coefficient (Wildman–Crippen LogP) is 1.45. The van der Waals surface area contributed by atoms with Gasteiger partial charge in [0.25, 0.3) is 0 Å². The van der Waals surface area contributed by atoms with E-state index in [1.165, 1.54) is 6.42 Å². The summed E-state index contributed by atoms with van der Waals surface area (Å²) in [4.78, 5) is 24.6. The van der Waals surface area contributed by atoms with E-state index in [1.807, 2.05) is 0 Å². The van der Waals surface area contributed by atoms with E-state index in [4.69, 9.17) is 9.84 Å². The van der Waals surface area contributed by atoms with Crippen LogP contribution in [0.2, 0.25) is 0 Å². The third-order valence-electron chi connectivity index (χ3n) is 4.61. The van der Waals surface area contributed by atoms with Gasteiger partial charge in [-0.05, 0) is 38.5 Å². The Morgan fingerprint density at radius 1 is 1.40 bits per heavy atom. The van der Waals surface area contributed by atoms with Crippen molar-refractivity contribution in [3.05, 3.63) is 0 Å². The molecule has 2 aliphatic rings. The molecule has 1 atom stereocenters. The summed E-state index contributed by atoms with van der Waals surface area (Å²) in [6.07, 6.45) is 5.55. The normalized spacial score (nSPS) is 24.9. The summed E-state index contributed by atoms with van der Waals surface area (Å²) >= 11 is 0. The maximum atomic E-state index is 12.0. The number of carbonyl (C=O) groups is 2. The van der Waals surface area contributed by atoms with Crippen LogP contribution in [-0.4, -0.2) is 54.4 Å². The minimum atomic E-state index is -0.810. The lowest BCUT2D eigenvalue weighted by atomic mass is 9.77. The zero-order valence-electron chi connectivity index (χ0n) is 12.1. The molecule has 0 spiro atoms. The Bertz CT molecular complexity index is 363. The Kier molecular flexibility index (Phi) is 4.86. The highest BCUT2D eigenvalue weighted by Gasteiger charge is 2.36. The third kappa shape index (κ3) is 3.42. The summed E-state index contributed by atoms with van der Waals surface area (Å²) in [5.41, 5.74) is -0.0429. The van der Waals surface area contributed by atoms with E-state index in [1.54, 1.807) is 12.0 Å². The molecule has 2 N–H and O–H groups in total. The minimum absolute atomic E-state index is 0.0429. The molecule has 1 heterocycles. The Morgan fingerprint density at radius 2 is 2.15 bits per heavy atom. The quantitative estimate of drug-likeness (QED) is 0.801. The van der Waals surface area contributed by atoms with Crippen molar-refractivity contribution in [2.45, 2.75) is 44.1 Å². The number of carboxylic acids is 1. The van der Waals surface area contributed by atoms with Gasteiger partial charge in [0, 0.05) is 26.7 Å². The number of nitrogens with zero attached hydrogens (tertiary/aromatic N) is 1. The van der Waals surface area contributed by atoms with Gasteiger partial charge in [-0.3, -0.25) is 4.79 Å². The molecule has 1 aliphatic carbocycles. The van der Waals surface area contributed by atoms with Gasteiger partial charge in [0.05, 0.1) is 11.5 Å². The summed E-state index contributed by atoms with van der Waals surface area (Å²) in [5, 5.41) is 11.9. The molecule has 2 rings (SSSR count). The molecule has 6 nitrogen and oxygen atoms in total. The zero-order chi connectivity index (χ0) is 14.6. The fourth-order valence-corrected chi connectivity index (χ4v) is 3.00. The minimum Gasteiger partial charge on any atom is -0.481 e. The lowest BCUT2D eigenvalue weighted by molar-refractivity contribution is -0.143. The first-order valence-corrected chi connectivity index (χ1v) is 7.37. The van der Waals surface area contributed by atoms with Crippen molar-refractivity contribution < 1.29 is 19.4 Å². The van der Waals surface area contributed by atoms with E-state index in [0.29, 0.717) is 26.1 Å². The fraction of sp³-hybridized carbons (Fsp3) is 0.857. The lowest BCUT2D eigenvalue weighted by Crippen LogP contribution is -2.49. The van der Waals surface area contributed by atoms with Gasteiger partial charge in [0.2, 0.25) is 0 Å². The highest BCUT2D eigenvalue weighted by Crippen LogP contribution is 2.37. The number of hydrogen-bond acceptors (Lipinski definition) is 3. The van der Waals surface area contributed by atoms with Gasteiger partial charge in [0.1, 0.15) is 0 Å². The maximum absolute atomic E-state index is 12.0. The van der Waals surface area contributed by atoms with E-state index < -0.39 is 11.9 Å². The van der Waals surface area contributed by atoms with Gasteiger partial charge in [-0.1, -0.05) is 0 Å². The largest absolute Gasteiger partial charge is 0.481 e. The Morgan fingerprint density at radius 3 is 2.70 bits per heavy atom. The van der Waals surface area contributed by atoms with Crippen molar-refractivity contribution in [3.8, 4) is 0 Å². The molecule has 6 heteroatoms.